The van der Waals surface area contributed by atoms with E-state index in [4.69, 9.17) is 0 Å². The van der Waals surface area contributed by atoms with Crippen LogP contribution in [0.3, 0.4) is 0 Å². The van der Waals surface area contributed by atoms with Gasteiger partial charge in [0.25, 0.3) is 6.43 Å². The second-order valence-electron chi connectivity index (χ2n) is 8.98. The van der Waals surface area contributed by atoms with Crippen LogP contribution in [0.1, 0.15) is 44.4 Å². The number of aryl methyl sites for hydroxylation is 1. The Morgan fingerprint density at radius 3 is 2.67 bits per heavy atom. The van der Waals surface area contributed by atoms with Crippen LogP contribution in [0.15, 0.2) is 42.9 Å². The summed E-state index contributed by atoms with van der Waals surface area (Å²) in [5.74, 6) is 0.0877. The number of nitrogens with one attached hydrogen (secondary N) is 2. The molecular weight excluding hydrogens is 450 g/mol. The van der Waals surface area contributed by atoms with Crippen LogP contribution in [0.2, 0.25) is 0 Å². The summed E-state index contributed by atoms with van der Waals surface area (Å²) >= 11 is 0. The Labute approximate surface area is 191 Å². The molecule has 0 radical (unpaired) electrons. The molecule has 176 valence electrons. The van der Waals surface area contributed by atoms with Gasteiger partial charge in [-0.15, -0.1) is 0 Å². The van der Waals surface area contributed by atoms with Gasteiger partial charge in [-0.05, 0) is 62.9 Å². The van der Waals surface area contributed by atoms with E-state index >= 15 is 0 Å². The van der Waals surface area contributed by atoms with Crippen molar-refractivity contribution in [3.05, 3.63) is 54.1 Å². The van der Waals surface area contributed by atoms with Crippen molar-refractivity contribution < 1.29 is 17.2 Å². The highest BCUT2D eigenvalue weighted by Gasteiger charge is 2.39. The number of benzene rings is 1. The lowest BCUT2D eigenvalue weighted by Gasteiger charge is -2.25. The minimum Gasteiger partial charge on any atom is -0.324 e. The number of sulfonamides is 1. The van der Waals surface area contributed by atoms with Gasteiger partial charge < -0.3 is 5.32 Å². The molecule has 0 amide bonds. The van der Waals surface area contributed by atoms with Crippen molar-refractivity contribution >= 4 is 21.7 Å². The summed E-state index contributed by atoms with van der Waals surface area (Å²) in [5, 5.41) is 7.09. The Hall–Kier alpha value is -2.92. The van der Waals surface area contributed by atoms with E-state index in [9.17, 15) is 17.2 Å². The first-order valence-corrected chi connectivity index (χ1v) is 12.1. The van der Waals surface area contributed by atoms with Gasteiger partial charge in [-0.25, -0.2) is 31.9 Å². The summed E-state index contributed by atoms with van der Waals surface area (Å²) < 4.78 is 55.0. The predicted octanol–water partition coefficient (Wildman–Crippen LogP) is 4.19. The molecule has 2 heterocycles. The zero-order chi connectivity index (χ0) is 23.8. The van der Waals surface area contributed by atoms with E-state index in [-0.39, 0.29) is 16.9 Å². The standard InChI is InChI=1S/C22H26F2N6O2S/c1-14-8-15(10-17(9-14)27-21-25-7-6-19(28-21)20(23)24)16-11-26-30(12-16)13-22(2,3)29-33(31,32)18-4-5-18/h6-12,18,20,29H,4-5,13H2,1-3H3,(H,25,27,28). The van der Waals surface area contributed by atoms with Crippen molar-refractivity contribution in [1.82, 2.24) is 24.5 Å². The molecule has 2 N–H and O–H groups in total. The first kappa shape index (κ1) is 23.2. The highest BCUT2D eigenvalue weighted by molar-refractivity contribution is 7.90. The maximum atomic E-state index is 12.9. The third kappa shape index (κ3) is 5.91. The second-order valence-corrected chi connectivity index (χ2v) is 10.9. The molecule has 8 nitrogen and oxygen atoms in total. The predicted molar refractivity (Wildman–Crippen MR) is 122 cm³/mol. The maximum Gasteiger partial charge on any atom is 0.280 e. The van der Waals surface area contributed by atoms with Gasteiger partial charge in [-0.1, -0.05) is 6.07 Å². The molecule has 33 heavy (non-hydrogen) atoms. The molecule has 0 aliphatic heterocycles. The van der Waals surface area contributed by atoms with Crippen LogP contribution < -0.4 is 10.0 Å². The molecule has 0 atom stereocenters. The van der Waals surface area contributed by atoms with Crippen LogP contribution in [0.5, 0.6) is 0 Å². The average molecular weight is 477 g/mol. The van der Waals surface area contributed by atoms with Crippen molar-refractivity contribution in [3.63, 3.8) is 0 Å². The molecule has 2 aromatic heterocycles. The minimum atomic E-state index is -3.32. The number of anilines is 2. The zero-order valence-corrected chi connectivity index (χ0v) is 19.4. The third-order valence-electron chi connectivity index (χ3n) is 5.14. The van der Waals surface area contributed by atoms with Crippen molar-refractivity contribution in [1.29, 1.82) is 0 Å². The first-order valence-electron chi connectivity index (χ1n) is 10.6. The van der Waals surface area contributed by atoms with Gasteiger partial charge in [0.1, 0.15) is 5.69 Å². The molecular formula is C22H26F2N6O2S. The van der Waals surface area contributed by atoms with Gasteiger partial charge in [-0.3, -0.25) is 4.68 Å². The van der Waals surface area contributed by atoms with E-state index < -0.39 is 22.0 Å². The number of hydrogen-bond donors (Lipinski definition) is 2. The SMILES string of the molecule is Cc1cc(Nc2nccc(C(F)F)n2)cc(-c2cnn(CC(C)(C)NS(=O)(=O)C3CC3)c2)c1. The molecule has 11 heteroatoms. The molecule has 1 aromatic carbocycles. The smallest absolute Gasteiger partial charge is 0.280 e. The van der Waals surface area contributed by atoms with Gasteiger partial charge >= 0.3 is 0 Å². The fraction of sp³-hybridized carbons (Fsp3) is 0.409. The Morgan fingerprint density at radius 1 is 1.21 bits per heavy atom. The van der Waals surface area contributed by atoms with E-state index in [1.54, 1.807) is 10.9 Å². The van der Waals surface area contributed by atoms with Crippen LogP contribution in [0.25, 0.3) is 11.1 Å². The molecule has 0 spiro atoms. The zero-order valence-electron chi connectivity index (χ0n) is 18.6. The molecule has 1 saturated carbocycles. The fourth-order valence-corrected chi connectivity index (χ4v) is 5.35. The van der Waals surface area contributed by atoms with Gasteiger partial charge in [0, 0.05) is 29.2 Å². The van der Waals surface area contributed by atoms with Crippen LogP contribution in [0, 0.1) is 6.92 Å². The van der Waals surface area contributed by atoms with Crippen LogP contribution in [-0.2, 0) is 16.6 Å². The molecule has 3 aromatic rings. The van der Waals surface area contributed by atoms with E-state index in [1.165, 1.54) is 12.3 Å². The average Bonchev–Trinajstić information content (AvgIpc) is 3.48. The lowest BCUT2D eigenvalue weighted by molar-refractivity contribution is 0.146. The molecule has 0 saturated heterocycles. The van der Waals surface area contributed by atoms with Gasteiger partial charge in [0.2, 0.25) is 16.0 Å². The number of rotatable bonds is 9. The summed E-state index contributed by atoms with van der Waals surface area (Å²) in [6.07, 6.45) is 3.58. The second kappa shape index (κ2) is 8.79. The van der Waals surface area contributed by atoms with E-state index in [1.807, 2.05) is 45.2 Å². The van der Waals surface area contributed by atoms with Crippen molar-refractivity contribution in [3.8, 4) is 11.1 Å². The summed E-state index contributed by atoms with van der Waals surface area (Å²) in [4.78, 5) is 7.86. The minimum absolute atomic E-state index is 0.0877. The lowest BCUT2D eigenvalue weighted by Crippen LogP contribution is -2.47. The van der Waals surface area contributed by atoms with Crippen LogP contribution in [-0.4, -0.2) is 39.0 Å². The van der Waals surface area contributed by atoms with Crippen molar-refractivity contribution in [2.24, 2.45) is 0 Å². The van der Waals surface area contributed by atoms with Crippen LogP contribution in [0.4, 0.5) is 20.4 Å². The summed E-state index contributed by atoms with van der Waals surface area (Å²) in [6.45, 7) is 5.95. The summed E-state index contributed by atoms with van der Waals surface area (Å²) in [6, 6.07) is 6.87. The highest BCUT2D eigenvalue weighted by Crippen LogP contribution is 2.29. The maximum absolute atomic E-state index is 12.9. The van der Waals surface area contributed by atoms with Gasteiger partial charge in [0.15, 0.2) is 0 Å². The molecule has 0 bridgehead atoms. The topological polar surface area (TPSA) is 102 Å². The van der Waals surface area contributed by atoms with Gasteiger partial charge in [0.05, 0.1) is 18.0 Å². The summed E-state index contributed by atoms with van der Waals surface area (Å²) in [5.41, 5.74) is 2.26. The van der Waals surface area contributed by atoms with E-state index in [0.717, 1.165) is 16.7 Å². The largest absolute Gasteiger partial charge is 0.324 e. The Bertz CT molecular complexity index is 1260. The van der Waals surface area contributed by atoms with E-state index in [2.05, 4.69) is 25.1 Å². The molecule has 0 unspecified atom stereocenters. The Kier molecular flexibility index (Phi) is 6.19. The van der Waals surface area contributed by atoms with Gasteiger partial charge in [-0.2, -0.15) is 5.10 Å². The molecule has 4 rings (SSSR count). The molecule has 1 aliphatic rings. The number of alkyl halides is 2. The van der Waals surface area contributed by atoms with Crippen LogP contribution >= 0.6 is 0 Å². The third-order valence-corrected chi connectivity index (χ3v) is 7.33. The van der Waals surface area contributed by atoms with Crippen molar-refractivity contribution in [2.45, 2.75) is 57.4 Å². The first-order chi connectivity index (χ1) is 15.5. The number of hydrogen-bond acceptors (Lipinski definition) is 6. The van der Waals surface area contributed by atoms with E-state index in [0.29, 0.717) is 25.1 Å². The van der Waals surface area contributed by atoms with Crippen molar-refractivity contribution in [2.75, 3.05) is 5.32 Å². The number of aromatic nitrogens is 4. The summed E-state index contributed by atoms with van der Waals surface area (Å²) in [7, 11) is -3.32. The molecule has 1 fully saturated rings. The molecule has 1 aliphatic carbocycles. The fourth-order valence-electron chi connectivity index (χ4n) is 3.59. The highest BCUT2D eigenvalue weighted by atomic mass is 32.2. The monoisotopic (exact) mass is 476 g/mol. The Balaban J connectivity index is 1.51. The normalized spacial score (nSPS) is 14.6. The Morgan fingerprint density at radius 2 is 1.97 bits per heavy atom. The quantitative estimate of drug-likeness (QED) is 0.480. The number of halogens is 2. The lowest BCUT2D eigenvalue weighted by atomic mass is 10.1. The number of nitrogens with zero attached hydrogens (tertiary/aromatic N) is 4.